The van der Waals surface area contributed by atoms with Crippen molar-refractivity contribution in [3.63, 3.8) is 0 Å². The Labute approximate surface area is 151 Å². The standard InChI is InChI=1S/C20H30N4O/c1-6-23-13-14(2)15(3)20(23)18-11-17(24-9-7-21-8-10-24)12-22-19(18)16(4)25-5/h11-13,16,21H,6-10H2,1-5H3/t16-/m0/s1. The van der Waals surface area contributed by atoms with Gasteiger partial charge in [-0.1, -0.05) is 0 Å². The van der Waals surface area contributed by atoms with Gasteiger partial charge in [0.15, 0.2) is 0 Å². The van der Waals surface area contributed by atoms with E-state index in [9.17, 15) is 0 Å². The maximum atomic E-state index is 5.61. The van der Waals surface area contributed by atoms with Gasteiger partial charge in [0.1, 0.15) is 0 Å². The average molecular weight is 342 g/mol. The average Bonchev–Trinajstić information content (AvgIpc) is 2.95. The van der Waals surface area contributed by atoms with E-state index in [0.29, 0.717) is 0 Å². The summed E-state index contributed by atoms with van der Waals surface area (Å²) in [4.78, 5) is 7.24. The fourth-order valence-corrected chi connectivity index (χ4v) is 3.59. The number of nitrogens with one attached hydrogen (secondary N) is 1. The molecule has 1 fully saturated rings. The van der Waals surface area contributed by atoms with E-state index in [2.05, 4.69) is 54.7 Å². The second kappa shape index (κ2) is 7.58. The van der Waals surface area contributed by atoms with E-state index in [-0.39, 0.29) is 6.10 Å². The molecular formula is C20H30N4O. The predicted molar refractivity (Wildman–Crippen MR) is 103 cm³/mol. The number of aromatic nitrogens is 2. The molecule has 5 heteroatoms. The van der Waals surface area contributed by atoms with Crippen molar-refractivity contribution >= 4 is 5.69 Å². The molecule has 1 atom stereocenters. The number of pyridine rings is 1. The number of hydrogen-bond donors (Lipinski definition) is 1. The Balaban J connectivity index is 2.14. The molecule has 2 aromatic rings. The third-order valence-corrected chi connectivity index (χ3v) is 5.30. The third-order valence-electron chi connectivity index (χ3n) is 5.30. The summed E-state index contributed by atoms with van der Waals surface area (Å²) >= 11 is 0. The van der Waals surface area contributed by atoms with Gasteiger partial charge < -0.3 is 19.5 Å². The second-order valence-corrected chi connectivity index (χ2v) is 6.81. The van der Waals surface area contributed by atoms with Crippen LogP contribution in [0.1, 0.15) is 36.8 Å². The van der Waals surface area contributed by atoms with Gasteiger partial charge in [0.05, 0.1) is 29.4 Å². The number of anilines is 1. The lowest BCUT2D eigenvalue weighted by molar-refractivity contribution is 0.116. The van der Waals surface area contributed by atoms with E-state index in [1.807, 2.05) is 6.20 Å². The molecule has 1 aliphatic rings. The van der Waals surface area contributed by atoms with Crippen LogP contribution < -0.4 is 10.2 Å². The minimum absolute atomic E-state index is 0.0352. The van der Waals surface area contributed by atoms with E-state index in [1.54, 1.807) is 7.11 Å². The van der Waals surface area contributed by atoms with Gasteiger partial charge >= 0.3 is 0 Å². The van der Waals surface area contributed by atoms with Crippen molar-refractivity contribution in [2.45, 2.75) is 40.3 Å². The van der Waals surface area contributed by atoms with Crippen molar-refractivity contribution in [2.75, 3.05) is 38.2 Å². The highest BCUT2D eigenvalue weighted by atomic mass is 16.5. The molecule has 0 bridgehead atoms. The number of ether oxygens (including phenoxy) is 1. The fourth-order valence-electron chi connectivity index (χ4n) is 3.59. The molecule has 0 saturated carbocycles. The van der Waals surface area contributed by atoms with Crippen LogP contribution in [0.5, 0.6) is 0 Å². The number of hydrogen-bond acceptors (Lipinski definition) is 4. The van der Waals surface area contributed by atoms with Gasteiger partial charge in [-0.25, -0.2) is 0 Å². The van der Waals surface area contributed by atoms with Crippen molar-refractivity contribution < 1.29 is 4.74 Å². The van der Waals surface area contributed by atoms with Crippen LogP contribution in [0, 0.1) is 13.8 Å². The normalized spacial score (nSPS) is 16.3. The van der Waals surface area contributed by atoms with Crippen LogP contribution in [-0.4, -0.2) is 42.8 Å². The first-order chi connectivity index (χ1) is 12.1. The molecule has 0 aromatic carbocycles. The molecule has 0 aliphatic carbocycles. The SMILES string of the molecule is CCn1cc(C)c(C)c1-c1cc(N2CCNCC2)cnc1[C@H](C)OC. The highest BCUT2D eigenvalue weighted by molar-refractivity contribution is 5.72. The van der Waals surface area contributed by atoms with Crippen molar-refractivity contribution in [2.24, 2.45) is 0 Å². The Morgan fingerprint density at radius 2 is 2.00 bits per heavy atom. The zero-order valence-corrected chi connectivity index (χ0v) is 16.1. The van der Waals surface area contributed by atoms with Gasteiger partial charge in [-0.15, -0.1) is 0 Å². The van der Waals surface area contributed by atoms with Crippen LogP contribution >= 0.6 is 0 Å². The van der Waals surface area contributed by atoms with E-state index in [1.165, 1.54) is 28.1 Å². The molecule has 5 nitrogen and oxygen atoms in total. The topological polar surface area (TPSA) is 42.3 Å². The summed E-state index contributed by atoms with van der Waals surface area (Å²) in [5.74, 6) is 0. The van der Waals surface area contributed by atoms with Crippen molar-refractivity contribution in [1.29, 1.82) is 0 Å². The summed E-state index contributed by atoms with van der Waals surface area (Å²) in [5, 5.41) is 3.41. The van der Waals surface area contributed by atoms with Gasteiger partial charge in [0.2, 0.25) is 0 Å². The quantitative estimate of drug-likeness (QED) is 0.905. The zero-order valence-electron chi connectivity index (χ0n) is 16.1. The first kappa shape index (κ1) is 18.0. The molecule has 25 heavy (non-hydrogen) atoms. The number of nitrogens with zero attached hydrogens (tertiary/aromatic N) is 3. The molecule has 0 spiro atoms. The third kappa shape index (κ3) is 3.44. The molecule has 1 aliphatic heterocycles. The Bertz CT molecular complexity index is 732. The second-order valence-electron chi connectivity index (χ2n) is 6.81. The Morgan fingerprint density at radius 3 is 2.64 bits per heavy atom. The van der Waals surface area contributed by atoms with Gasteiger partial charge in [-0.3, -0.25) is 4.98 Å². The first-order valence-electron chi connectivity index (χ1n) is 9.21. The maximum Gasteiger partial charge on any atom is 0.0969 e. The van der Waals surface area contributed by atoms with E-state index < -0.39 is 0 Å². The van der Waals surface area contributed by atoms with Crippen LogP contribution in [0.3, 0.4) is 0 Å². The highest BCUT2D eigenvalue weighted by Crippen LogP contribution is 2.35. The molecule has 136 valence electrons. The maximum absolute atomic E-state index is 5.61. The summed E-state index contributed by atoms with van der Waals surface area (Å²) in [7, 11) is 1.75. The van der Waals surface area contributed by atoms with Crippen molar-refractivity contribution in [1.82, 2.24) is 14.9 Å². The van der Waals surface area contributed by atoms with Crippen molar-refractivity contribution in [3.05, 3.63) is 35.3 Å². The van der Waals surface area contributed by atoms with Gasteiger partial charge in [0.25, 0.3) is 0 Å². The smallest absolute Gasteiger partial charge is 0.0969 e. The van der Waals surface area contributed by atoms with Gasteiger partial charge in [-0.2, -0.15) is 0 Å². The van der Waals surface area contributed by atoms with Gasteiger partial charge in [-0.05, 0) is 44.9 Å². The lowest BCUT2D eigenvalue weighted by atomic mass is 10.0. The summed E-state index contributed by atoms with van der Waals surface area (Å²) in [6.07, 6.45) is 4.21. The first-order valence-corrected chi connectivity index (χ1v) is 9.21. The molecular weight excluding hydrogens is 312 g/mol. The molecule has 1 N–H and O–H groups in total. The molecule has 0 unspecified atom stereocenters. The summed E-state index contributed by atoms with van der Waals surface area (Å²) in [6.45, 7) is 13.7. The Morgan fingerprint density at radius 1 is 1.28 bits per heavy atom. The summed E-state index contributed by atoms with van der Waals surface area (Å²) in [5.41, 5.74) is 7.31. The zero-order chi connectivity index (χ0) is 18.0. The predicted octanol–water partition coefficient (Wildman–Crippen LogP) is 3.30. The summed E-state index contributed by atoms with van der Waals surface area (Å²) < 4.78 is 7.94. The van der Waals surface area contributed by atoms with Crippen LogP contribution in [-0.2, 0) is 11.3 Å². The molecule has 1 saturated heterocycles. The van der Waals surface area contributed by atoms with Crippen LogP contribution in [0.2, 0.25) is 0 Å². The lowest BCUT2D eigenvalue weighted by Gasteiger charge is -2.30. The lowest BCUT2D eigenvalue weighted by Crippen LogP contribution is -2.43. The van der Waals surface area contributed by atoms with Gasteiger partial charge in [0, 0.05) is 51.6 Å². The minimum Gasteiger partial charge on any atom is -0.375 e. The molecule has 2 aromatic heterocycles. The molecule has 3 rings (SSSR count). The van der Waals surface area contributed by atoms with Crippen LogP contribution in [0.4, 0.5) is 5.69 Å². The van der Waals surface area contributed by atoms with Crippen LogP contribution in [0.15, 0.2) is 18.5 Å². The van der Waals surface area contributed by atoms with Crippen LogP contribution in [0.25, 0.3) is 11.3 Å². The number of rotatable bonds is 5. The van der Waals surface area contributed by atoms with E-state index in [4.69, 9.17) is 9.72 Å². The number of aryl methyl sites for hydroxylation is 2. The van der Waals surface area contributed by atoms with Crippen molar-refractivity contribution in [3.8, 4) is 11.3 Å². The molecule has 0 amide bonds. The van der Waals surface area contributed by atoms with E-state index in [0.717, 1.165) is 38.4 Å². The Kier molecular flexibility index (Phi) is 5.45. The van der Waals surface area contributed by atoms with E-state index >= 15 is 0 Å². The minimum atomic E-state index is -0.0352. The monoisotopic (exact) mass is 342 g/mol. The molecule has 0 radical (unpaired) electrons. The largest absolute Gasteiger partial charge is 0.375 e. The highest BCUT2D eigenvalue weighted by Gasteiger charge is 2.21. The molecule has 3 heterocycles. The number of methoxy groups -OCH3 is 1. The summed E-state index contributed by atoms with van der Waals surface area (Å²) in [6, 6.07) is 2.30. The fraction of sp³-hybridized carbons (Fsp3) is 0.550. The Hall–Kier alpha value is -1.85. The number of piperazine rings is 1.